The second-order valence-electron chi connectivity index (χ2n) is 3.60. The number of carbonyl (C=O) groups is 2. The van der Waals surface area contributed by atoms with Crippen molar-refractivity contribution in [3.8, 4) is 0 Å². The molecule has 0 saturated heterocycles. The molecule has 2 aromatic heterocycles. The van der Waals surface area contributed by atoms with E-state index in [0.29, 0.717) is 17.5 Å². The van der Waals surface area contributed by atoms with E-state index in [1.165, 1.54) is 12.3 Å². The van der Waals surface area contributed by atoms with Crippen LogP contribution in [0.5, 0.6) is 0 Å². The van der Waals surface area contributed by atoms with E-state index < -0.39 is 18.0 Å². The van der Waals surface area contributed by atoms with Crippen LogP contribution >= 0.6 is 0 Å². The summed E-state index contributed by atoms with van der Waals surface area (Å²) in [5.74, 6) is -1.49. The third-order valence-corrected chi connectivity index (χ3v) is 2.40. The van der Waals surface area contributed by atoms with Crippen molar-refractivity contribution in [2.24, 2.45) is 5.73 Å². The highest BCUT2D eigenvalue weighted by atomic mass is 16.6. The third kappa shape index (κ3) is 2.21. The number of fused-ring (bicyclic) bond motifs is 1. The summed E-state index contributed by atoms with van der Waals surface area (Å²) in [6.45, 7) is 1.73. The quantitative estimate of drug-likeness (QED) is 0.616. The maximum absolute atomic E-state index is 11.6. The highest BCUT2D eigenvalue weighted by Crippen LogP contribution is 2.16. The molecule has 0 spiro atoms. The van der Waals surface area contributed by atoms with Crippen molar-refractivity contribution in [1.29, 1.82) is 0 Å². The van der Waals surface area contributed by atoms with Crippen LogP contribution < -0.4 is 5.73 Å². The molecule has 0 aliphatic carbocycles. The van der Waals surface area contributed by atoms with Crippen molar-refractivity contribution in [2.75, 3.05) is 0 Å². The average molecular weight is 236 g/mol. The molecule has 0 aromatic carbocycles. The molecule has 6 nitrogen and oxygen atoms in total. The lowest BCUT2D eigenvalue weighted by Gasteiger charge is -2.06. The van der Waals surface area contributed by atoms with Gasteiger partial charge in [-0.3, -0.25) is 0 Å². The SMILES string of the molecule is CCC(N)C(=O)OC(=O)c1cc2occc2[nH]1. The van der Waals surface area contributed by atoms with Gasteiger partial charge < -0.3 is 19.9 Å². The van der Waals surface area contributed by atoms with Crippen LogP contribution in [0.4, 0.5) is 0 Å². The summed E-state index contributed by atoms with van der Waals surface area (Å²) in [5, 5.41) is 0. The minimum atomic E-state index is -0.781. The number of carbonyl (C=O) groups excluding carboxylic acids is 2. The molecule has 0 amide bonds. The van der Waals surface area contributed by atoms with E-state index >= 15 is 0 Å². The minimum absolute atomic E-state index is 0.163. The van der Waals surface area contributed by atoms with Gasteiger partial charge in [-0.2, -0.15) is 0 Å². The van der Waals surface area contributed by atoms with Gasteiger partial charge in [-0.05, 0) is 6.42 Å². The number of nitrogens with one attached hydrogen (secondary N) is 1. The Bertz CT molecular complexity index is 526. The van der Waals surface area contributed by atoms with Crippen molar-refractivity contribution < 1.29 is 18.7 Å². The summed E-state index contributed by atoms with van der Waals surface area (Å²) >= 11 is 0. The first-order valence-electron chi connectivity index (χ1n) is 5.19. The van der Waals surface area contributed by atoms with Crippen LogP contribution in [0, 0.1) is 0 Å². The Kier molecular flexibility index (Phi) is 2.97. The van der Waals surface area contributed by atoms with Crippen LogP contribution in [-0.4, -0.2) is 23.0 Å². The molecule has 90 valence electrons. The maximum atomic E-state index is 11.6. The first kappa shape index (κ1) is 11.4. The monoisotopic (exact) mass is 236 g/mol. The van der Waals surface area contributed by atoms with E-state index in [-0.39, 0.29) is 5.69 Å². The number of H-pyrrole nitrogens is 1. The lowest BCUT2D eigenvalue weighted by molar-refractivity contribution is -0.139. The molecule has 2 aromatic rings. The summed E-state index contributed by atoms with van der Waals surface area (Å²) < 4.78 is 9.69. The van der Waals surface area contributed by atoms with Gasteiger partial charge in [0.15, 0.2) is 5.58 Å². The van der Waals surface area contributed by atoms with Crippen LogP contribution in [0.2, 0.25) is 0 Å². The second kappa shape index (κ2) is 4.42. The van der Waals surface area contributed by atoms with Crippen molar-refractivity contribution in [3.05, 3.63) is 24.1 Å². The van der Waals surface area contributed by atoms with E-state index in [1.807, 2.05) is 0 Å². The van der Waals surface area contributed by atoms with Gasteiger partial charge >= 0.3 is 11.9 Å². The van der Waals surface area contributed by atoms with Gasteiger partial charge in [-0.25, -0.2) is 9.59 Å². The summed E-state index contributed by atoms with van der Waals surface area (Å²) in [6.07, 6.45) is 1.91. The number of esters is 2. The Morgan fingerprint density at radius 1 is 1.59 bits per heavy atom. The lowest BCUT2D eigenvalue weighted by Crippen LogP contribution is -2.33. The largest absolute Gasteiger partial charge is 0.463 e. The molecule has 0 aliphatic heterocycles. The molecule has 0 fully saturated rings. The molecule has 0 aliphatic rings. The summed E-state index contributed by atoms with van der Waals surface area (Å²) in [6, 6.07) is 2.37. The average Bonchev–Trinajstić information content (AvgIpc) is 2.87. The smallest absolute Gasteiger partial charge is 0.362 e. The Hall–Kier alpha value is -2.08. The van der Waals surface area contributed by atoms with Crippen LogP contribution in [-0.2, 0) is 9.53 Å². The van der Waals surface area contributed by atoms with Crippen molar-refractivity contribution in [3.63, 3.8) is 0 Å². The molecular formula is C11H12N2O4. The molecule has 2 rings (SSSR count). The van der Waals surface area contributed by atoms with Gasteiger partial charge in [0, 0.05) is 12.1 Å². The van der Waals surface area contributed by atoms with Crippen LogP contribution in [0.15, 0.2) is 22.8 Å². The van der Waals surface area contributed by atoms with Crippen molar-refractivity contribution in [1.82, 2.24) is 4.98 Å². The van der Waals surface area contributed by atoms with E-state index in [1.54, 1.807) is 13.0 Å². The number of furan rings is 1. The zero-order valence-corrected chi connectivity index (χ0v) is 9.23. The van der Waals surface area contributed by atoms with Crippen molar-refractivity contribution >= 4 is 23.0 Å². The number of rotatable bonds is 3. The molecule has 1 atom stereocenters. The van der Waals surface area contributed by atoms with Crippen LogP contribution in [0.1, 0.15) is 23.8 Å². The first-order valence-corrected chi connectivity index (χ1v) is 5.19. The molecule has 6 heteroatoms. The zero-order valence-electron chi connectivity index (χ0n) is 9.23. The molecule has 2 heterocycles. The Morgan fingerprint density at radius 2 is 2.35 bits per heavy atom. The van der Waals surface area contributed by atoms with Crippen LogP contribution in [0.25, 0.3) is 11.1 Å². The Morgan fingerprint density at radius 3 is 3.00 bits per heavy atom. The normalized spacial score (nSPS) is 12.6. The van der Waals surface area contributed by atoms with E-state index in [2.05, 4.69) is 9.72 Å². The molecule has 3 N–H and O–H groups in total. The van der Waals surface area contributed by atoms with E-state index in [0.717, 1.165) is 0 Å². The molecular weight excluding hydrogens is 224 g/mol. The maximum Gasteiger partial charge on any atom is 0.362 e. The molecule has 1 unspecified atom stereocenters. The van der Waals surface area contributed by atoms with Gasteiger partial charge in [0.05, 0.1) is 11.8 Å². The summed E-state index contributed by atoms with van der Waals surface area (Å²) in [5.41, 5.74) is 6.81. The fraction of sp³-hybridized carbons (Fsp3) is 0.273. The predicted molar refractivity (Wildman–Crippen MR) is 59.3 cm³/mol. The fourth-order valence-electron chi connectivity index (χ4n) is 1.35. The van der Waals surface area contributed by atoms with Gasteiger partial charge in [0.2, 0.25) is 0 Å². The molecule has 0 radical (unpaired) electrons. The predicted octanol–water partition coefficient (Wildman–Crippen LogP) is 1.18. The van der Waals surface area contributed by atoms with Crippen LogP contribution in [0.3, 0.4) is 0 Å². The third-order valence-electron chi connectivity index (χ3n) is 2.40. The number of hydrogen-bond acceptors (Lipinski definition) is 5. The van der Waals surface area contributed by atoms with E-state index in [4.69, 9.17) is 10.2 Å². The summed E-state index contributed by atoms with van der Waals surface area (Å²) in [7, 11) is 0. The Balaban J connectivity index is 2.10. The molecule has 0 bridgehead atoms. The van der Waals surface area contributed by atoms with Gasteiger partial charge in [0.1, 0.15) is 11.7 Å². The topological polar surface area (TPSA) is 98.3 Å². The standard InChI is InChI=1S/C11H12N2O4/c1-2-6(12)10(14)17-11(15)8-5-9-7(13-8)3-4-16-9/h3-6,13H,2,12H2,1H3. The Labute approximate surface area is 96.7 Å². The zero-order chi connectivity index (χ0) is 12.4. The number of hydrogen-bond donors (Lipinski definition) is 2. The van der Waals surface area contributed by atoms with Gasteiger partial charge in [0.25, 0.3) is 0 Å². The first-order chi connectivity index (χ1) is 8.11. The van der Waals surface area contributed by atoms with Gasteiger partial charge in [-0.15, -0.1) is 0 Å². The molecule has 0 saturated carbocycles. The van der Waals surface area contributed by atoms with E-state index in [9.17, 15) is 9.59 Å². The lowest BCUT2D eigenvalue weighted by atomic mass is 10.2. The number of aromatic amines is 1. The second-order valence-corrected chi connectivity index (χ2v) is 3.60. The number of aromatic nitrogens is 1. The molecule has 17 heavy (non-hydrogen) atoms. The minimum Gasteiger partial charge on any atom is -0.463 e. The van der Waals surface area contributed by atoms with Crippen molar-refractivity contribution in [2.45, 2.75) is 19.4 Å². The van der Waals surface area contributed by atoms with Gasteiger partial charge in [-0.1, -0.05) is 6.92 Å². The fourth-order valence-corrected chi connectivity index (χ4v) is 1.35. The highest BCUT2D eigenvalue weighted by Gasteiger charge is 2.20. The highest BCUT2D eigenvalue weighted by molar-refractivity contribution is 5.99. The summed E-state index contributed by atoms with van der Waals surface area (Å²) in [4.78, 5) is 25.7. The number of ether oxygens (including phenoxy) is 1. The number of nitrogens with two attached hydrogens (primary N) is 1.